The molecular weight excluding hydrogens is 156 g/mol. The smallest absolute Gasteiger partial charge is 0.328 e. The van der Waals surface area contributed by atoms with E-state index < -0.39 is 5.97 Å². The number of carbonyl (C=O) groups is 1. The predicted molar refractivity (Wildman–Crippen MR) is 44.7 cm³/mol. The summed E-state index contributed by atoms with van der Waals surface area (Å²) in [5, 5.41) is 8.48. The van der Waals surface area contributed by atoms with Gasteiger partial charge in [-0.15, -0.1) is 0 Å². The van der Waals surface area contributed by atoms with Crippen LogP contribution in [0, 0.1) is 0 Å². The second-order valence-corrected chi connectivity index (χ2v) is 2.73. The van der Waals surface area contributed by atoms with E-state index in [-0.39, 0.29) is 0 Å². The van der Waals surface area contributed by atoms with Crippen LogP contribution < -0.4 is 0 Å². The number of hydrogen-bond acceptors (Lipinski definition) is 2. The van der Waals surface area contributed by atoms with Crippen molar-refractivity contribution in [3.63, 3.8) is 0 Å². The van der Waals surface area contributed by atoms with Crippen molar-refractivity contribution in [3.05, 3.63) is 23.5 Å². The summed E-state index contributed by atoms with van der Waals surface area (Å²) in [4.78, 5) is 10.3. The number of rotatable bonds is 2. The highest BCUT2D eigenvalue weighted by Gasteiger charge is 2.08. The number of carboxylic acids is 1. The Morgan fingerprint density at radius 1 is 1.67 bits per heavy atom. The number of ether oxygens (including phenoxy) is 1. The predicted octanol–water partition coefficient (Wildman–Crippen LogP) is 1.71. The molecule has 0 heterocycles. The van der Waals surface area contributed by atoms with Gasteiger partial charge in [-0.25, -0.2) is 4.79 Å². The first-order valence-electron chi connectivity index (χ1n) is 3.90. The van der Waals surface area contributed by atoms with Gasteiger partial charge < -0.3 is 9.84 Å². The Morgan fingerprint density at radius 2 is 2.42 bits per heavy atom. The average Bonchev–Trinajstić information content (AvgIpc) is 2.03. The topological polar surface area (TPSA) is 46.5 Å². The van der Waals surface area contributed by atoms with Crippen molar-refractivity contribution in [1.82, 2.24) is 0 Å². The summed E-state index contributed by atoms with van der Waals surface area (Å²) >= 11 is 0. The Bertz CT molecular complexity index is 238. The number of allylic oxidation sites excluding steroid dienone is 3. The van der Waals surface area contributed by atoms with Gasteiger partial charge in [0.15, 0.2) is 0 Å². The van der Waals surface area contributed by atoms with Crippen molar-refractivity contribution >= 4 is 5.97 Å². The summed E-state index contributed by atoms with van der Waals surface area (Å²) in [5.41, 5.74) is 0.839. The molecule has 0 unspecified atom stereocenters. The van der Waals surface area contributed by atoms with Gasteiger partial charge in [-0.05, 0) is 24.5 Å². The van der Waals surface area contributed by atoms with Crippen LogP contribution in [-0.4, -0.2) is 18.2 Å². The minimum Gasteiger partial charge on any atom is -0.501 e. The van der Waals surface area contributed by atoms with Gasteiger partial charge in [-0.1, -0.05) is 0 Å². The molecule has 0 atom stereocenters. The third kappa shape index (κ3) is 2.42. The SMILES string of the molecule is COC1=C/C(=C/C(=O)O)CCC1. The van der Waals surface area contributed by atoms with E-state index in [1.807, 2.05) is 0 Å². The highest BCUT2D eigenvalue weighted by Crippen LogP contribution is 2.22. The van der Waals surface area contributed by atoms with Crippen molar-refractivity contribution in [3.8, 4) is 0 Å². The first-order valence-corrected chi connectivity index (χ1v) is 3.90. The molecule has 1 rings (SSSR count). The van der Waals surface area contributed by atoms with Gasteiger partial charge in [-0.2, -0.15) is 0 Å². The lowest BCUT2D eigenvalue weighted by atomic mass is 10.0. The lowest BCUT2D eigenvalue weighted by molar-refractivity contribution is -0.131. The second kappa shape index (κ2) is 3.95. The summed E-state index contributed by atoms with van der Waals surface area (Å²) in [6.07, 6.45) is 5.75. The van der Waals surface area contributed by atoms with E-state index in [9.17, 15) is 4.79 Å². The van der Waals surface area contributed by atoms with Crippen LogP contribution in [0.3, 0.4) is 0 Å². The molecule has 12 heavy (non-hydrogen) atoms. The van der Waals surface area contributed by atoms with E-state index in [2.05, 4.69) is 0 Å². The van der Waals surface area contributed by atoms with Crippen molar-refractivity contribution in [2.24, 2.45) is 0 Å². The summed E-state index contributed by atoms with van der Waals surface area (Å²) in [6, 6.07) is 0. The van der Waals surface area contributed by atoms with Crippen LogP contribution in [0.2, 0.25) is 0 Å². The molecule has 1 N–H and O–H groups in total. The van der Waals surface area contributed by atoms with Gasteiger partial charge in [0.05, 0.1) is 12.9 Å². The Kier molecular flexibility index (Phi) is 2.91. The Balaban J connectivity index is 2.73. The maximum absolute atomic E-state index is 10.3. The second-order valence-electron chi connectivity index (χ2n) is 2.73. The first-order chi connectivity index (χ1) is 5.72. The maximum Gasteiger partial charge on any atom is 0.328 e. The highest BCUT2D eigenvalue weighted by atomic mass is 16.5. The van der Waals surface area contributed by atoms with Crippen LogP contribution in [0.15, 0.2) is 23.5 Å². The number of hydrogen-bond donors (Lipinski definition) is 1. The van der Waals surface area contributed by atoms with Gasteiger partial charge in [0.1, 0.15) is 0 Å². The van der Waals surface area contributed by atoms with Crippen LogP contribution in [0.1, 0.15) is 19.3 Å². The molecule has 0 saturated heterocycles. The zero-order chi connectivity index (χ0) is 8.97. The fraction of sp³-hybridized carbons (Fsp3) is 0.444. The minimum atomic E-state index is -0.890. The molecule has 1 aliphatic rings. The molecule has 66 valence electrons. The van der Waals surface area contributed by atoms with Crippen molar-refractivity contribution in [2.45, 2.75) is 19.3 Å². The Morgan fingerprint density at radius 3 is 3.00 bits per heavy atom. The summed E-state index contributed by atoms with van der Waals surface area (Å²) in [7, 11) is 1.61. The van der Waals surface area contributed by atoms with Crippen LogP contribution in [0.5, 0.6) is 0 Å². The van der Waals surface area contributed by atoms with Crippen molar-refractivity contribution in [2.75, 3.05) is 7.11 Å². The normalized spacial score (nSPS) is 20.4. The zero-order valence-electron chi connectivity index (χ0n) is 7.04. The molecule has 0 radical (unpaired) electrons. The van der Waals surface area contributed by atoms with Crippen LogP contribution in [0.4, 0.5) is 0 Å². The van der Waals surface area contributed by atoms with Crippen LogP contribution in [0.25, 0.3) is 0 Å². The molecule has 0 aliphatic heterocycles. The van der Waals surface area contributed by atoms with Gasteiger partial charge in [0.2, 0.25) is 0 Å². The summed E-state index contributed by atoms with van der Waals surface area (Å²) < 4.78 is 5.03. The molecule has 3 nitrogen and oxygen atoms in total. The molecule has 0 bridgehead atoms. The Hall–Kier alpha value is -1.25. The molecule has 0 amide bonds. The Labute approximate surface area is 71.3 Å². The first kappa shape index (κ1) is 8.84. The van der Waals surface area contributed by atoms with Crippen LogP contribution in [-0.2, 0) is 9.53 Å². The minimum absolute atomic E-state index is 0.832. The lowest BCUT2D eigenvalue weighted by Gasteiger charge is -2.12. The van der Waals surface area contributed by atoms with Crippen molar-refractivity contribution < 1.29 is 14.6 Å². The van der Waals surface area contributed by atoms with E-state index in [4.69, 9.17) is 9.84 Å². The van der Waals surface area contributed by atoms with E-state index in [1.165, 1.54) is 6.08 Å². The van der Waals surface area contributed by atoms with E-state index in [0.717, 1.165) is 30.6 Å². The zero-order valence-corrected chi connectivity index (χ0v) is 7.04. The number of aliphatic carboxylic acids is 1. The monoisotopic (exact) mass is 168 g/mol. The fourth-order valence-corrected chi connectivity index (χ4v) is 1.25. The van der Waals surface area contributed by atoms with Gasteiger partial charge in [0, 0.05) is 12.5 Å². The largest absolute Gasteiger partial charge is 0.501 e. The molecule has 0 aromatic heterocycles. The van der Waals surface area contributed by atoms with Gasteiger partial charge >= 0.3 is 5.97 Å². The number of methoxy groups -OCH3 is 1. The quantitative estimate of drug-likeness (QED) is 0.638. The summed E-state index contributed by atoms with van der Waals surface area (Å²) in [6.45, 7) is 0. The average molecular weight is 168 g/mol. The molecule has 1 aliphatic carbocycles. The van der Waals surface area contributed by atoms with Crippen LogP contribution >= 0.6 is 0 Å². The maximum atomic E-state index is 10.3. The van der Waals surface area contributed by atoms with E-state index >= 15 is 0 Å². The summed E-state index contributed by atoms with van der Waals surface area (Å²) in [5.74, 6) is -0.0210. The fourth-order valence-electron chi connectivity index (χ4n) is 1.25. The molecule has 0 saturated carbocycles. The van der Waals surface area contributed by atoms with E-state index in [1.54, 1.807) is 13.2 Å². The highest BCUT2D eigenvalue weighted by molar-refractivity contribution is 5.81. The molecule has 0 aromatic carbocycles. The lowest BCUT2D eigenvalue weighted by Crippen LogP contribution is -1.99. The van der Waals surface area contributed by atoms with Gasteiger partial charge in [-0.3, -0.25) is 0 Å². The molecule has 3 heteroatoms. The van der Waals surface area contributed by atoms with Gasteiger partial charge in [0.25, 0.3) is 0 Å². The van der Waals surface area contributed by atoms with E-state index in [0.29, 0.717) is 0 Å². The number of carboxylic acid groups (broad SMARTS) is 1. The molecule has 0 fully saturated rings. The van der Waals surface area contributed by atoms with Crippen molar-refractivity contribution in [1.29, 1.82) is 0 Å². The third-order valence-electron chi connectivity index (χ3n) is 1.81. The standard InChI is InChI=1S/C9H12O3/c1-12-8-4-2-3-7(5-8)6-9(10)11/h5-6H,2-4H2,1H3,(H,10,11)/b7-6+. The molecule has 0 aromatic rings. The molecular formula is C9H12O3. The molecule has 0 spiro atoms. The third-order valence-corrected chi connectivity index (χ3v) is 1.81.